The Kier molecular flexibility index (Phi) is 7.95. The number of nitrogen functional groups attached to an aromatic ring is 1. The fraction of sp³-hybridized carbons (Fsp3) is 0.258. The van der Waals surface area contributed by atoms with Gasteiger partial charge in [-0.05, 0) is 34.9 Å². The summed E-state index contributed by atoms with van der Waals surface area (Å²) in [5.41, 5.74) is 6.79. The van der Waals surface area contributed by atoms with Gasteiger partial charge < -0.3 is 24.7 Å². The van der Waals surface area contributed by atoms with E-state index in [4.69, 9.17) is 24.7 Å². The Bertz CT molecular complexity index is 1450. The Morgan fingerprint density at radius 1 is 0.975 bits per heavy atom. The Balaban J connectivity index is 1.56. The number of carbonyl (C=O) groups excluding carboxylic acids is 1. The highest BCUT2D eigenvalue weighted by Crippen LogP contribution is 2.42. The first-order valence-electron chi connectivity index (χ1n) is 13.0. The van der Waals surface area contributed by atoms with E-state index < -0.39 is 35.5 Å². The fourth-order valence-electron chi connectivity index (χ4n) is 5.19. The number of benzene rings is 3. The highest BCUT2D eigenvalue weighted by molar-refractivity contribution is 5.66. The summed E-state index contributed by atoms with van der Waals surface area (Å²) in [4.78, 5) is 28.6. The molecular weight excluding hydrogens is 510 g/mol. The molecule has 0 saturated carbocycles. The van der Waals surface area contributed by atoms with Crippen LogP contribution in [0.25, 0.3) is 0 Å². The van der Waals surface area contributed by atoms with Crippen molar-refractivity contribution in [3.63, 3.8) is 0 Å². The maximum atomic E-state index is 12.6. The van der Waals surface area contributed by atoms with Crippen LogP contribution >= 0.6 is 0 Å². The third-order valence-electron chi connectivity index (χ3n) is 7.06. The molecule has 9 nitrogen and oxygen atoms in total. The van der Waals surface area contributed by atoms with E-state index in [1.54, 1.807) is 7.11 Å². The number of methoxy groups -OCH3 is 1. The van der Waals surface area contributed by atoms with E-state index in [2.05, 4.69) is 4.98 Å². The zero-order valence-electron chi connectivity index (χ0n) is 22.3. The maximum absolute atomic E-state index is 12.6. The smallest absolute Gasteiger partial charge is 0.349 e. The van der Waals surface area contributed by atoms with Crippen LogP contribution in [0.5, 0.6) is 5.75 Å². The van der Waals surface area contributed by atoms with Gasteiger partial charge >= 0.3 is 11.7 Å². The van der Waals surface area contributed by atoms with E-state index in [9.17, 15) is 9.59 Å². The average molecular weight is 542 g/mol. The second kappa shape index (κ2) is 11.7. The first-order chi connectivity index (χ1) is 19.4. The molecule has 0 unspecified atom stereocenters. The van der Waals surface area contributed by atoms with Gasteiger partial charge in [0.1, 0.15) is 29.3 Å². The monoisotopic (exact) mass is 541 g/mol. The van der Waals surface area contributed by atoms with Gasteiger partial charge in [-0.3, -0.25) is 9.36 Å². The quantitative estimate of drug-likeness (QED) is 0.252. The van der Waals surface area contributed by atoms with E-state index in [1.807, 2.05) is 84.9 Å². The third kappa shape index (κ3) is 5.34. The van der Waals surface area contributed by atoms with E-state index in [0.717, 1.165) is 22.4 Å². The molecule has 1 aliphatic rings. The summed E-state index contributed by atoms with van der Waals surface area (Å²) in [6.45, 7) is 1.51. The summed E-state index contributed by atoms with van der Waals surface area (Å²) >= 11 is 0. The number of hydrogen-bond acceptors (Lipinski definition) is 8. The van der Waals surface area contributed by atoms with Gasteiger partial charge in [0, 0.05) is 13.1 Å². The molecular formula is C31H31N3O6. The summed E-state index contributed by atoms with van der Waals surface area (Å²) in [5, 5.41) is 0. The van der Waals surface area contributed by atoms with Gasteiger partial charge in [-0.25, -0.2) is 4.79 Å². The van der Waals surface area contributed by atoms with Crippen LogP contribution in [0.3, 0.4) is 0 Å². The molecule has 1 saturated heterocycles. The summed E-state index contributed by atoms with van der Waals surface area (Å²) < 4.78 is 25.5. The lowest BCUT2D eigenvalue weighted by atomic mass is 9.80. The summed E-state index contributed by atoms with van der Waals surface area (Å²) in [5.74, 6) is 0.340. The Morgan fingerprint density at radius 2 is 1.57 bits per heavy atom. The number of ether oxygens (including phenoxy) is 4. The second-order valence-electron chi connectivity index (χ2n) is 9.51. The van der Waals surface area contributed by atoms with Crippen molar-refractivity contribution in [2.45, 2.75) is 30.8 Å². The molecule has 9 heteroatoms. The van der Waals surface area contributed by atoms with Gasteiger partial charge in [0.25, 0.3) is 0 Å². The number of nitrogens with zero attached hydrogens (tertiary/aromatic N) is 2. The molecule has 0 aliphatic carbocycles. The lowest BCUT2D eigenvalue weighted by molar-refractivity contribution is -0.153. The van der Waals surface area contributed by atoms with E-state index in [-0.39, 0.29) is 19.0 Å². The second-order valence-corrected chi connectivity index (χ2v) is 9.51. The lowest BCUT2D eigenvalue weighted by Gasteiger charge is -2.37. The first-order valence-corrected chi connectivity index (χ1v) is 13.0. The number of nitrogens with two attached hydrogens (primary N) is 1. The van der Waals surface area contributed by atoms with Crippen LogP contribution in [0.1, 0.15) is 29.7 Å². The van der Waals surface area contributed by atoms with Crippen molar-refractivity contribution in [3.8, 4) is 5.75 Å². The molecule has 1 aromatic heterocycles. The van der Waals surface area contributed by atoms with Crippen molar-refractivity contribution in [2.24, 2.45) is 0 Å². The molecule has 5 rings (SSSR count). The number of anilines is 1. The van der Waals surface area contributed by atoms with Crippen LogP contribution in [0.2, 0.25) is 0 Å². The minimum atomic E-state index is -1.03. The normalized spacial score (nSPS) is 18.8. The van der Waals surface area contributed by atoms with Crippen LogP contribution in [0.15, 0.2) is 102 Å². The summed E-state index contributed by atoms with van der Waals surface area (Å²) in [6, 6.07) is 28.5. The SMILES string of the molecule is COc1ccc(C(OC[C@@H]2OC[C@H](n3ccc(N)nc3=O)[C@H]2OC(C)=O)(c2ccccc2)c2ccccc2)cc1. The number of aromatic nitrogens is 2. The molecule has 1 fully saturated rings. The van der Waals surface area contributed by atoms with E-state index >= 15 is 0 Å². The van der Waals surface area contributed by atoms with Gasteiger partial charge in [0.2, 0.25) is 0 Å². The minimum Gasteiger partial charge on any atom is -0.497 e. The third-order valence-corrected chi connectivity index (χ3v) is 7.06. The average Bonchev–Trinajstić information content (AvgIpc) is 3.36. The highest BCUT2D eigenvalue weighted by atomic mass is 16.6. The fourth-order valence-corrected chi connectivity index (χ4v) is 5.19. The predicted octanol–water partition coefficient (Wildman–Crippen LogP) is 3.71. The molecule has 4 aromatic rings. The molecule has 0 bridgehead atoms. The van der Waals surface area contributed by atoms with Gasteiger partial charge in [-0.2, -0.15) is 4.98 Å². The number of rotatable bonds is 9. The Hall–Kier alpha value is -4.47. The molecule has 0 amide bonds. The molecule has 0 spiro atoms. The van der Waals surface area contributed by atoms with Crippen LogP contribution in [-0.4, -0.2) is 48.1 Å². The standard InChI is InChI=1S/C31H31N3O6/c1-21(35)40-29-26(34-18-17-28(32)33-30(34)36)19-38-27(29)20-39-31(22-9-5-3-6-10-22,23-11-7-4-8-12-23)24-13-15-25(37-2)16-14-24/h3-18,26-27,29H,19-20H2,1-2H3,(H2,32,33,36)/t26-,27-,29+/m0/s1. The van der Waals surface area contributed by atoms with Crippen LogP contribution in [0, 0.1) is 0 Å². The Morgan fingerprint density at radius 3 is 2.12 bits per heavy atom. The minimum absolute atomic E-state index is 0.0570. The van der Waals surface area contributed by atoms with Crippen molar-refractivity contribution in [1.82, 2.24) is 9.55 Å². The number of carbonyl (C=O) groups is 1. The van der Waals surface area contributed by atoms with Crippen molar-refractivity contribution in [1.29, 1.82) is 0 Å². The molecule has 0 radical (unpaired) electrons. The van der Waals surface area contributed by atoms with Crippen LogP contribution < -0.4 is 16.2 Å². The van der Waals surface area contributed by atoms with Crippen molar-refractivity contribution >= 4 is 11.8 Å². The lowest BCUT2D eigenvalue weighted by Crippen LogP contribution is -2.42. The zero-order chi connectivity index (χ0) is 28.1. The number of esters is 1. The summed E-state index contributed by atoms with van der Waals surface area (Å²) in [7, 11) is 1.62. The van der Waals surface area contributed by atoms with Crippen molar-refractivity contribution in [3.05, 3.63) is 124 Å². The van der Waals surface area contributed by atoms with Crippen LogP contribution in [0.4, 0.5) is 5.82 Å². The van der Waals surface area contributed by atoms with Gasteiger partial charge in [-0.15, -0.1) is 0 Å². The van der Waals surface area contributed by atoms with E-state index in [1.165, 1.54) is 23.8 Å². The zero-order valence-corrected chi connectivity index (χ0v) is 22.3. The predicted molar refractivity (Wildman–Crippen MR) is 149 cm³/mol. The summed E-state index contributed by atoms with van der Waals surface area (Å²) in [6.07, 6.45) is 0.0812. The van der Waals surface area contributed by atoms with Crippen LogP contribution in [-0.2, 0) is 24.6 Å². The van der Waals surface area contributed by atoms with Gasteiger partial charge in [0.05, 0.1) is 20.3 Å². The molecule has 3 aromatic carbocycles. The molecule has 3 atom stereocenters. The largest absolute Gasteiger partial charge is 0.497 e. The first kappa shape index (κ1) is 27.1. The molecule has 2 heterocycles. The molecule has 2 N–H and O–H groups in total. The van der Waals surface area contributed by atoms with Gasteiger partial charge in [0.15, 0.2) is 6.10 Å². The topological polar surface area (TPSA) is 115 Å². The van der Waals surface area contributed by atoms with Crippen molar-refractivity contribution in [2.75, 3.05) is 26.1 Å². The Labute approximate surface area is 232 Å². The van der Waals surface area contributed by atoms with Gasteiger partial charge in [-0.1, -0.05) is 72.8 Å². The molecule has 206 valence electrons. The number of hydrogen-bond donors (Lipinski definition) is 1. The highest BCUT2D eigenvalue weighted by Gasteiger charge is 2.45. The van der Waals surface area contributed by atoms with E-state index in [0.29, 0.717) is 0 Å². The molecule has 1 aliphatic heterocycles. The van der Waals surface area contributed by atoms with Crippen molar-refractivity contribution < 1.29 is 23.7 Å². The molecule has 40 heavy (non-hydrogen) atoms. The maximum Gasteiger partial charge on any atom is 0.349 e.